The summed E-state index contributed by atoms with van der Waals surface area (Å²) in [5.41, 5.74) is 3.32. The number of morpholine rings is 1. The van der Waals surface area contributed by atoms with Gasteiger partial charge in [0.05, 0.1) is 17.2 Å². The summed E-state index contributed by atoms with van der Waals surface area (Å²) in [5, 5.41) is 4.84. The molecule has 2 fully saturated rings. The van der Waals surface area contributed by atoms with Crippen molar-refractivity contribution in [3.8, 4) is 0 Å². The first-order valence-electron chi connectivity index (χ1n) is 12.6. The fraction of sp³-hybridized carbons (Fsp3) is 0.577. The molecule has 5 rings (SSSR count). The molecule has 0 bridgehead atoms. The van der Waals surface area contributed by atoms with Crippen LogP contribution in [-0.2, 0) is 28.9 Å². The molecular weight excluding hydrogens is 471 g/mol. The SMILES string of the molecule is C[C@@H]1CN(C(=O)c2nn(CC(=O)N3CCC(c4cccc(F)c4Cl)CC3)c3c2CCC3)C[C@H](C)O1. The molecule has 0 N–H and O–H groups in total. The van der Waals surface area contributed by atoms with Gasteiger partial charge in [0, 0.05) is 37.4 Å². The number of hydrogen-bond donors (Lipinski definition) is 0. The van der Waals surface area contributed by atoms with Crippen molar-refractivity contribution in [2.75, 3.05) is 26.2 Å². The molecule has 9 heteroatoms. The smallest absolute Gasteiger partial charge is 0.274 e. The van der Waals surface area contributed by atoms with Crippen LogP contribution in [0.5, 0.6) is 0 Å². The molecule has 2 atom stereocenters. The van der Waals surface area contributed by atoms with Crippen LogP contribution in [0, 0.1) is 5.82 Å². The number of rotatable bonds is 4. The number of nitrogens with zero attached hydrogens (tertiary/aromatic N) is 4. The molecule has 7 nitrogen and oxygen atoms in total. The fourth-order valence-electron chi connectivity index (χ4n) is 5.81. The van der Waals surface area contributed by atoms with E-state index in [0.29, 0.717) is 31.9 Å². The summed E-state index contributed by atoms with van der Waals surface area (Å²) in [6.45, 7) is 6.37. The molecule has 3 heterocycles. The first-order chi connectivity index (χ1) is 16.8. The Labute approximate surface area is 210 Å². The molecule has 0 unspecified atom stereocenters. The van der Waals surface area contributed by atoms with E-state index in [9.17, 15) is 14.0 Å². The zero-order chi connectivity index (χ0) is 24.7. The number of halogens is 2. The molecule has 0 saturated carbocycles. The topological polar surface area (TPSA) is 67.7 Å². The zero-order valence-corrected chi connectivity index (χ0v) is 21.1. The van der Waals surface area contributed by atoms with Gasteiger partial charge in [-0.2, -0.15) is 5.10 Å². The maximum absolute atomic E-state index is 13.9. The molecule has 2 amide bonds. The molecule has 1 aliphatic carbocycles. The summed E-state index contributed by atoms with van der Waals surface area (Å²) in [6, 6.07) is 4.92. The van der Waals surface area contributed by atoms with Crippen molar-refractivity contribution in [1.82, 2.24) is 19.6 Å². The lowest BCUT2D eigenvalue weighted by Gasteiger charge is -2.35. The second-order valence-electron chi connectivity index (χ2n) is 10.1. The summed E-state index contributed by atoms with van der Waals surface area (Å²) < 4.78 is 21.4. The molecule has 3 aliphatic rings. The van der Waals surface area contributed by atoms with Crippen LogP contribution in [0.2, 0.25) is 5.02 Å². The summed E-state index contributed by atoms with van der Waals surface area (Å²) in [7, 11) is 0. The van der Waals surface area contributed by atoms with Crippen molar-refractivity contribution in [3.05, 3.63) is 51.6 Å². The fourth-order valence-corrected chi connectivity index (χ4v) is 6.09. The number of carbonyl (C=O) groups excluding carboxylic acids is 2. The highest BCUT2D eigenvalue weighted by atomic mass is 35.5. The molecule has 1 aromatic carbocycles. The van der Waals surface area contributed by atoms with Gasteiger partial charge in [-0.05, 0) is 63.5 Å². The number of benzene rings is 1. The number of fused-ring (bicyclic) bond motifs is 1. The Kier molecular flexibility index (Phi) is 6.86. The Bertz CT molecular complexity index is 1120. The quantitative estimate of drug-likeness (QED) is 0.637. The van der Waals surface area contributed by atoms with Gasteiger partial charge in [-0.15, -0.1) is 0 Å². The van der Waals surface area contributed by atoms with Crippen molar-refractivity contribution in [3.63, 3.8) is 0 Å². The van der Waals surface area contributed by atoms with Gasteiger partial charge in [0.15, 0.2) is 5.69 Å². The predicted molar refractivity (Wildman–Crippen MR) is 130 cm³/mol. The molecule has 2 aliphatic heterocycles. The Morgan fingerprint density at radius 1 is 1.11 bits per heavy atom. The standard InChI is InChI=1S/C26H32ClFN4O3/c1-16-13-31(14-17(2)35-16)26(34)25-20-6-4-8-22(20)32(29-25)15-23(33)30-11-9-18(10-12-30)19-5-3-7-21(28)24(19)27/h3,5,7,16-18H,4,6,8-15H2,1-2H3/t16-,17+. The third-order valence-corrected chi connectivity index (χ3v) is 7.87. The Hall–Kier alpha value is -2.45. The third-order valence-electron chi connectivity index (χ3n) is 7.47. The van der Waals surface area contributed by atoms with Gasteiger partial charge in [-0.1, -0.05) is 23.7 Å². The number of ether oxygens (including phenoxy) is 1. The van der Waals surface area contributed by atoms with Gasteiger partial charge >= 0.3 is 0 Å². The van der Waals surface area contributed by atoms with Crippen molar-refractivity contribution >= 4 is 23.4 Å². The van der Waals surface area contributed by atoms with E-state index in [2.05, 4.69) is 5.10 Å². The second-order valence-corrected chi connectivity index (χ2v) is 10.4. The molecule has 0 spiro atoms. The Morgan fingerprint density at radius 2 is 1.83 bits per heavy atom. The van der Waals surface area contributed by atoms with Crippen LogP contribution in [0.25, 0.3) is 0 Å². The van der Waals surface area contributed by atoms with E-state index in [1.807, 2.05) is 29.7 Å². The van der Waals surface area contributed by atoms with E-state index in [1.54, 1.807) is 10.7 Å². The number of likely N-dealkylation sites (tertiary alicyclic amines) is 1. The molecule has 188 valence electrons. The van der Waals surface area contributed by atoms with Crippen molar-refractivity contribution in [1.29, 1.82) is 0 Å². The minimum atomic E-state index is -0.401. The number of carbonyl (C=O) groups is 2. The summed E-state index contributed by atoms with van der Waals surface area (Å²) in [4.78, 5) is 30.2. The van der Waals surface area contributed by atoms with E-state index in [-0.39, 0.29) is 41.5 Å². The number of aromatic nitrogens is 2. The maximum atomic E-state index is 13.9. The van der Waals surface area contributed by atoms with Crippen LogP contribution >= 0.6 is 11.6 Å². The van der Waals surface area contributed by atoms with E-state index in [1.165, 1.54) is 6.07 Å². The van der Waals surface area contributed by atoms with Crippen LogP contribution in [0.3, 0.4) is 0 Å². The second kappa shape index (κ2) is 9.90. The van der Waals surface area contributed by atoms with Crippen molar-refractivity contribution in [2.24, 2.45) is 0 Å². The summed E-state index contributed by atoms with van der Waals surface area (Å²) >= 11 is 6.18. The highest BCUT2D eigenvalue weighted by Gasteiger charge is 2.34. The summed E-state index contributed by atoms with van der Waals surface area (Å²) in [5.74, 6) is -0.331. The normalized spacial score (nSPS) is 23.0. The number of hydrogen-bond acceptors (Lipinski definition) is 4. The average Bonchev–Trinajstić information content (AvgIpc) is 3.44. The van der Waals surface area contributed by atoms with Gasteiger partial charge in [0.2, 0.25) is 5.91 Å². The van der Waals surface area contributed by atoms with Crippen LogP contribution in [0.15, 0.2) is 18.2 Å². The lowest BCUT2D eigenvalue weighted by molar-refractivity contribution is -0.133. The largest absolute Gasteiger partial charge is 0.372 e. The molecule has 2 aromatic rings. The number of piperidine rings is 1. The van der Waals surface area contributed by atoms with E-state index in [4.69, 9.17) is 16.3 Å². The highest BCUT2D eigenvalue weighted by Crippen LogP contribution is 2.34. The van der Waals surface area contributed by atoms with Crippen molar-refractivity contribution in [2.45, 2.75) is 70.6 Å². The molecule has 0 radical (unpaired) electrons. The van der Waals surface area contributed by atoms with E-state index < -0.39 is 5.82 Å². The van der Waals surface area contributed by atoms with Gasteiger partial charge in [-0.3, -0.25) is 14.3 Å². The molecule has 2 saturated heterocycles. The Balaban J connectivity index is 1.26. The van der Waals surface area contributed by atoms with Gasteiger partial charge in [-0.25, -0.2) is 4.39 Å². The van der Waals surface area contributed by atoms with Crippen LogP contribution in [0.4, 0.5) is 4.39 Å². The van der Waals surface area contributed by atoms with Crippen LogP contribution < -0.4 is 0 Å². The van der Waals surface area contributed by atoms with Gasteiger partial charge < -0.3 is 14.5 Å². The zero-order valence-electron chi connectivity index (χ0n) is 20.3. The van der Waals surface area contributed by atoms with Crippen LogP contribution in [0.1, 0.15) is 66.3 Å². The first-order valence-corrected chi connectivity index (χ1v) is 12.9. The highest BCUT2D eigenvalue weighted by molar-refractivity contribution is 6.31. The molecule has 35 heavy (non-hydrogen) atoms. The minimum Gasteiger partial charge on any atom is -0.372 e. The first kappa shape index (κ1) is 24.3. The Morgan fingerprint density at radius 3 is 2.54 bits per heavy atom. The minimum absolute atomic E-state index is 0.00129. The van der Waals surface area contributed by atoms with Gasteiger partial charge in [0.1, 0.15) is 12.4 Å². The summed E-state index contributed by atoms with van der Waals surface area (Å²) in [6.07, 6.45) is 4.08. The molecular formula is C26H32ClFN4O3. The monoisotopic (exact) mass is 502 g/mol. The maximum Gasteiger partial charge on any atom is 0.274 e. The third kappa shape index (κ3) is 4.83. The molecule has 1 aromatic heterocycles. The average molecular weight is 503 g/mol. The van der Waals surface area contributed by atoms with E-state index in [0.717, 1.165) is 48.9 Å². The van der Waals surface area contributed by atoms with Gasteiger partial charge in [0.25, 0.3) is 5.91 Å². The van der Waals surface area contributed by atoms with Crippen molar-refractivity contribution < 1.29 is 18.7 Å². The lowest BCUT2D eigenvalue weighted by Crippen LogP contribution is -2.48. The predicted octanol–water partition coefficient (Wildman–Crippen LogP) is 3.82. The number of amides is 2. The van der Waals surface area contributed by atoms with Crippen LogP contribution in [-0.4, -0.2) is 69.8 Å². The van der Waals surface area contributed by atoms with E-state index >= 15 is 0 Å². The lowest BCUT2D eigenvalue weighted by atomic mass is 9.89.